The molecule has 1 amide bonds. The van der Waals surface area contributed by atoms with Crippen LogP contribution in [0.15, 0.2) is 48.5 Å². The van der Waals surface area contributed by atoms with Gasteiger partial charge in [0.2, 0.25) is 0 Å². The minimum Gasteiger partial charge on any atom is -0.496 e. The molecular weight excluding hydrogens is 278 g/mol. The number of nitrogens with zero attached hydrogens (tertiary/aromatic N) is 1. The molecule has 0 fully saturated rings. The molecule has 0 saturated heterocycles. The summed E-state index contributed by atoms with van der Waals surface area (Å²) in [4.78, 5) is 14.0. The molecule has 1 heterocycles. The van der Waals surface area contributed by atoms with Crippen molar-refractivity contribution >= 4 is 6.09 Å². The number of carbonyl (C=O) groups is 1. The molecule has 0 saturated carbocycles. The molecule has 22 heavy (non-hydrogen) atoms. The Balaban J connectivity index is 2.14. The van der Waals surface area contributed by atoms with Crippen LogP contribution in [-0.2, 0) is 11.2 Å². The van der Waals surface area contributed by atoms with Crippen LogP contribution in [0.1, 0.15) is 22.7 Å². The molecular formula is C18H19NO3. The quantitative estimate of drug-likeness (QED) is 0.852. The van der Waals surface area contributed by atoms with Gasteiger partial charge in [-0.2, -0.15) is 0 Å². The maximum absolute atomic E-state index is 12.2. The summed E-state index contributed by atoms with van der Waals surface area (Å²) in [6, 6.07) is 15.9. The monoisotopic (exact) mass is 297 g/mol. The number of rotatable bonds is 2. The molecule has 2 aromatic carbocycles. The Bertz CT molecular complexity index is 669. The van der Waals surface area contributed by atoms with E-state index in [2.05, 4.69) is 6.07 Å². The second kappa shape index (κ2) is 6.10. The number of ether oxygens (including phenoxy) is 2. The molecule has 4 nitrogen and oxygen atoms in total. The van der Waals surface area contributed by atoms with E-state index >= 15 is 0 Å². The number of carbonyl (C=O) groups excluding carboxylic acids is 1. The lowest BCUT2D eigenvalue weighted by Crippen LogP contribution is -2.40. The summed E-state index contributed by atoms with van der Waals surface area (Å²) in [5.41, 5.74) is 3.34. The van der Waals surface area contributed by atoms with Crippen LogP contribution in [0.4, 0.5) is 4.79 Å². The predicted molar refractivity (Wildman–Crippen MR) is 84.1 cm³/mol. The summed E-state index contributed by atoms with van der Waals surface area (Å²) in [7, 11) is 3.10. The van der Waals surface area contributed by atoms with Crippen LogP contribution in [0.5, 0.6) is 5.75 Å². The Morgan fingerprint density at radius 1 is 1.09 bits per heavy atom. The maximum atomic E-state index is 12.2. The third kappa shape index (κ3) is 2.41. The van der Waals surface area contributed by atoms with Crippen molar-refractivity contribution in [2.24, 2.45) is 0 Å². The first-order valence-electron chi connectivity index (χ1n) is 7.31. The van der Waals surface area contributed by atoms with Crippen molar-refractivity contribution in [1.29, 1.82) is 0 Å². The number of hydrogen-bond donors (Lipinski definition) is 0. The van der Waals surface area contributed by atoms with Crippen molar-refractivity contribution in [2.45, 2.75) is 12.5 Å². The van der Waals surface area contributed by atoms with Crippen LogP contribution in [-0.4, -0.2) is 31.8 Å². The van der Waals surface area contributed by atoms with Gasteiger partial charge in [0.05, 0.1) is 20.3 Å². The van der Waals surface area contributed by atoms with Gasteiger partial charge in [0.15, 0.2) is 0 Å². The third-order valence-electron chi connectivity index (χ3n) is 4.12. The Hall–Kier alpha value is -2.49. The smallest absolute Gasteiger partial charge is 0.410 e. The molecule has 0 bridgehead atoms. The molecule has 0 N–H and O–H groups in total. The zero-order valence-corrected chi connectivity index (χ0v) is 12.8. The first-order chi connectivity index (χ1) is 10.8. The fourth-order valence-corrected chi connectivity index (χ4v) is 3.14. The zero-order chi connectivity index (χ0) is 15.5. The Morgan fingerprint density at radius 3 is 2.55 bits per heavy atom. The van der Waals surface area contributed by atoms with Crippen LogP contribution < -0.4 is 4.74 Å². The van der Waals surface area contributed by atoms with Crippen LogP contribution >= 0.6 is 0 Å². The summed E-state index contributed by atoms with van der Waals surface area (Å²) in [6.45, 7) is 0.611. The second-order valence-corrected chi connectivity index (χ2v) is 5.25. The van der Waals surface area contributed by atoms with Crippen LogP contribution in [0.3, 0.4) is 0 Å². The third-order valence-corrected chi connectivity index (χ3v) is 4.12. The van der Waals surface area contributed by atoms with Gasteiger partial charge in [-0.25, -0.2) is 4.79 Å². The lowest BCUT2D eigenvalue weighted by atomic mass is 9.88. The van der Waals surface area contributed by atoms with Gasteiger partial charge in [-0.15, -0.1) is 0 Å². The van der Waals surface area contributed by atoms with Crippen molar-refractivity contribution in [3.63, 3.8) is 0 Å². The number of fused-ring (bicyclic) bond motifs is 1. The number of benzene rings is 2. The molecule has 1 unspecified atom stereocenters. The summed E-state index contributed by atoms with van der Waals surface area (Å²) in [6.07, 6.45) is 0.458. The fraction of sp³-hybridized carbons (Fsp3) is 0.278. The summed E-state index contributed by atoms with van der Waals surface area (Å²) in [5.74, 6) is 0.878. The Labute approximate surface area is 130 Å². The van der Waals surface area contributed by atoms with Crippen molar-refractivity contribution in [3.8, 4) is 5.75 Å². The molecule has 0 aromatic heterocycles. The van der Waals surface area contributed by atoms with Gasteiger partial charge in [0, 0.05) is 12.1 Å². The van der Waals surface area contributed by atoms with Crippen molar-refractivity contribution < 1.29 is 14.3 Å². The lowest BCUT2D eigenvalue weighted by Gasteiger charge is -2.37. The van der Waals surface area contributed by atoms with E-state index in [1.54, 1.807) is 12.0 Å². The van der Waals surface area contributed by atoms with Gasteiger partial charge in [-0.1, -0.05) is 42.5 Å². The first-order valence-corrected chi connectivity index (χ1v) is 7.31. The topological polar surface area (TPSA) is 38.8 Å². The lowest BCUT2D eigenvalue weighted by molar-refractivity contribution is 0.108. The number of amides is 1. The van der Waals surface area contributed by atoms with Gasteiger partial charge >= 0.3 is 6.09 Å². The Kier molecular flexibility index (Phi) is 4.00. The molecule has 1 aliphatic rings. The largest absolute Gasteiger partial charge is 0.496 e. The van der Waals surface area contributed by atoms with Crippen molar-refractivity contribution in [2.75, 3.05) is 20.8 Å². The van der Waals surface area contributed by atoms with Crippen molar-refractivity contribution in [3.05, 3.63) is 65.2 Å². The minimum atomic E-state index is -0.303. The average molecular weight is 297 g/mol. The molecule has 0 radical (unpaired) electrons. The summed E-state index contributed by atoms with van der Waals surface area (Å²) < 4.78 is 10.5. The highest BCUT2D eigenvalue weighted by Crippen LogP contribution is 2.38. The van der Waals surface area contributed by atoms with Gasteiger partial charge < -0.3 is 9.47 Å². The highest BCUT2D eigenvalue weighted by Gasteiger charge is 2.33. The highest BCUT2D eigenvalue weighted by molar-refractivity contribution is 5.70. The second-order valence-electron chi connectivity index (χ2n) is 5.25. The van der Waals surface area contributed by atoms with Crippen LogP contribution in [0.2, 0.25) is 0 Å². The average Bonchev–Trinajstić information content (AvgIpc) is 2.60. The van der Waals surface area contributed by atoms with E-state index in [4.69, 9.17) is 9.47 Å². The normalized spacial score (nSPS) is 16.8. The first kappa shape index (κ1) is 14.4. The number of methoxy groups -OCH3 is 2. The molecule has 3 rings (SSSR count). The van der Waals surface area contributed by atoms with Crippen molar-refractivity contribution in [1.82, 2.24) is 4.90 Å². The van der Waals surface area contributed by atoms with E-state index in [0.717, 1.165) is 23.3 Å². The van der Waals surface area contributed by atoms with Gasteiger partial charge in [-0.3, -0.25) is 4.90 Å². The van der Waals surface area contributed by atoms with Gasteiger partial charge in [0.25, 0.3) is 0 Å². The zero-order valence-electron chi connectivity index (χ0n) is 12.8. The van der Waals surface area contributed by atoms with E-state index < -0.39 is 0 Å². The van der Waals surface area contributed by atoms with Gasteiger partial charge in [0.1, 0.15) is 5.75 Å². The van der Waals surface area contributed by atoms with Crippen LogP contribution in [0, 0.1) is 0 Å². The Morgan fingerprint density at radius 2 is 1.86 bits per heavy atom. The SMILES string of the molecule is COC(=O)N1CCc2c(OC)cccc2C1c1ccccc1. The van der Waals surface area contributed by atoms with E-state index in [0.29, 0.717) is 6.54 Å². The highest BCUT2D eigenvalue weighted by atomic mass is 16.5. The predicted octanol–water partition coefficient (Wildman–Crippen LogP) is 3.41. The molecule has 2 aromatic rings. The maximum Gasteiger partial charge on any atom is 0.410 e. The van der Waals surface area contributed by atoms with E-state index in [9.17, 15) is 4.79 Å². The van der Waals surface area contributed by atoms with E-state index in [1.165, 1.54) is 12.7 Å². The van der Waals surface area contributed by atoms with E-state index in [-0.39, 0.29) is 12.1 Å². The van der Waals surface area contributed by atoms with Gasteiger partial charge in [-0.05, 0) is 23.6 Å². The molecule has 4 heteroatoms. The number of hydrogen-bond acceptors (Lipinski definition) is 3. The fourth-order valence-electron chi connectivity index (χ4n) is 3.14. The molecule has 114 valence electrons. The molecule has 1 aliphatic heterocycles. The molecule has 0 spiro atoms. The standard InChI is InChI=1S/C18H19NO3/c1-21-16-10-6-9-15-14(16)11-12-19(18(20)22-2)17(15)13-7-4-3-5-8-13/h3-10,17H,11-12H2,1-2H3. The summed E-state index contributed by atoms with van der Waals surface area (Å²) >= 11 is 0. The summed E-state index contributed by atoms with van der Waals surface area (Å²) in [5, 5.41) is 0. The minimum absolute atomic E-state index is 0.146. The van der Waals surface area contributed by atoms with Crippen LogP contribution in [0.25, 0.3) is 0 Å². The molecule has 1 atom stereocenters. The molecule has 0 aliphatic carbocycles. The van der Waals surface area contributed by atoms with E-state index in [1.807, 2.05) is 42.5 Å².